The summed E-state index contributed by atoms with van der Waals surface area (Å²) < 4.78 is 1.92. The molecule has 0 aliphatic heterocycles. The lowest BCUT2D eigenvalue weighted by atomic mass is 9.62. The maximum absolute atomic E-state index is 13.4. The lowest BCUT2D eigenvalue weighted by Crippen LogP contribution is -2.46. The van der Waals surface area contributed by atoms with Gasteiger partial charge in [-0.15, -0.1) is 0 Å². The van der Waals surface area contributed by atoms with Crippen LogP contribution in [-0.2, 0) is 10.2 Å². The molecule has 2 aromatic rings. The van der Waals surface area contributed by atoms with Crippen LogP contribution < -0.4 is 0 Å². The predicted octanol–water partition coefficient (Wildman–Crippen LogP) is 4.55. The van der Waals surface area contributed by atoms with Crippen molar-refractivity contribution in [1.29, 1.82) is 0 Å². The number of hydrogen-bond acceptors (Lipinski definition) is 1. The molecule has 2 aromatic carbocycles. The highest BCUT2D eigenvalue weighted by Crippen LogP contribution is 2.42. The molecule has 0 bridgehead atoms. The third-order valence-electron chi connectivity index (χ3n) is 5.03. The number of aryl methyl sites for hydroxylation is 2. The van der Waals surface area contributed by atoms with Crippen molar-refractivity contribution in [3.05, 3.63) is 70.8 Å². The molecule has 25 heavy (non-hydrogen) atoms. The molecule has 0 radical (unpaired) electrons. The topological polar surface area (TPSA) is 20.1 Å². The normalized spacial score (nSPS) is 12.7. The number of Topliss-reactive ketones (excluding diaryl/α,β-unsaturated/α-hetero) is 1. The van der Waals surface area contributed by atoms with E-state index in [0.29, 0.717) is 6.42 Å². The number of ketones is 1. The summed E-state index contributed by atoms with van der Waals surface area (Å²) >= 11 is 0. The molecule has 0 spiro atoms. The third kappa shape index (κ3) is 3.73. The van der Waals surface area contributed by atoms with E-state index in [1.54, 1.807) is 0 Å². The zero-order chi connectivity index (χ0) is 18.6. The van der Waals surface area contributed by atoms with Crippen LogP contribution >= 0.6 is 0 Å². The molecule has 0 amide bonds. The van der Waals surface area contributed by atoms with Gasteiger partial charge in [-0.2, -0.15) is 0 Å². The van der Waals surface area contributed by atoms with Crippen LogP contribution in [0.2, 0.25) is 0 Å². The van der Waals surface area contributed by atoms with Crippen molar-refractivity contribution in [3.63, 3.8) is 0 Å². The van der Waals surface area contributed by atoms with E-state index < -0.39 is 5.41 Å². The molecule has 132 valence electrons. The van der Waals surface area contributed by atoms with E-state index in [1.165, 1.54) is 11.1 Å². The Bertz CT molecular complexity index is 730. The number of rotatable bonds is 7. The van der Waals surface area contributed by atoms with Crippen molar-refractivity contribution in [3.8, 4) is 0 Å². The van der Waals surface area contributed by atoms with E-state index in [-0.39, 0.29) is 11.7 Å². The molecule has 1 atom stereocenters. The molecular weight excluding hydrogens is 306 g/mol. The average Bonchev–Trinajstić information content (AvgIpc) is 2.55. The fourth-order valence-electron chi connectivity index (χ4n) is 4.00. The first kappa shape index (κ1) is 19.1. The Morgan fingerprint density at radius 3 is 1.92 bits per heavy atom. The van der Waals surface area contributed by atoms with Gasteiger partial charge in [0.15, 0.2) is 0 Å². The number of benzene rings is 2. The van der Waals surface area contributed by atoms with E-state index in [9.17, 15) is 4.79 Å². The summed E-state index contributed by atoms with van der Waals surface area (Å²) in [4.78, 5) is 13.4. The van der Waals surface area contributed by atoms with E-state index in [2.05, 4.69) is 76.0 Å². The summed E-state index contributed by atoms with van der Waals surface area (Å²) in [7, 11) is 1.96. The summed E-state index contributed by atoms with van der Waals surface area (Å²) in [5.74, 6) is 0.365. The van der Waals surface area contributed by atoms with Crippen LogP contribution in [0.3, 0.4) is 0 Å². The standard InChI is InChI=1S/C23H30NO/c1-7-22(25)23(19(4)16-24(5)6,20-12-8-10-17(2)14-20)21-13-9-11-18(3)15-21/h8-15,19H,5,7,16H2,1-4,6H3/q+1/t19-/m0/s1. The molecule has 0 fully saturated rings. The molecular formula is C23H30NO+. The molecule has 2 heteroatoms. The Morgan fingerprint density at radius 2 is 1.56 bits per heavy atom. The fraction of sp³-hybridized carbons (Fsp3) is 0.391. The summed E-state index contributed by atoms with van der Waals surface area (Å²) in [5, 5.41) is 0. The van der Waals surface area contributed by atoms with Crippen molar-refractivity contribution in [1.82, 2.24) is 0 Å². The summed E-state index contributed by atoms with van der Waals surface area (Å²) in [6, 6.07) is 16.8. The fourth-order valence-corrected chi connectivity index (χ4v) is 4.00. The second-order valence-corrected chi connectivity index (χ2v) is 7.26. The largest absolute Gasteiger partial charge is 0.298 e. The van der Waals surface area contributed by atoms with Crippen molar-refractivity contribution in [2.45, 2.75) is 39.5 Å². The van der Waals surface area contributed by atoms with E-state index >= 15 is 0 Å². The molecule has 2 nitrogen and oxygen atoms in total. The van der Waals surface area contributed by atoms with Gasteiger partial charge < -0.3 is 0 Å². The first-order valence-corrected chi connectivity index (χ1v) is 9.01. The van der Waals surface area contributed by atoms with Crippen molar-refractivity contribution < 1.29 is 9.37 Å². The zero-order valence-electron chi connectivity index (χ0n) is 16.2. The Balaban J connectivity index is 2.82. The van der Waals surface area contributed by atoms with Gasteiger partial charge >= 0.3 is 0 Å². The molecule has 0 saturated carbocycles. The SMILES string of the molecule is C=[N+](C)C[C@H](C)C(C(=O)CC)(c1cccc(C)c1)c1cccc(C)c1. The van der Waals surface area contributed by atoms with E-state index in [4.69, 9.17) is 0 Å². The van der Waals surface area contributed by atoms with Crippen LogP contribution in [0, 0.1) is 19.8 Å². The van der Waals surface area contributed by atoms with Crippen LogP contribution in [0.1, 0.15) is 42.5 Å². The van der Waals surface area contributed by atoms with Crippen molar-refractivity contribution in [2.75, 3.05) is 13.6 Å². The minimum atomic E-state index is -0.654. The second-order valence-electron chi connectivity index (χ2n) is 7.26. The Morgan fingerprint density at radius 1 is 1.08 bits per heavy atom. The maximum Gasteiger partial charge on any atom is 0.148 e. The molecule has 0 unspecified atom stereocenters. The van der Waals surface area contributed by atoms with Gasteiger partial charge in [-0.05, 0) is 25.0 Å². The van der Waals surface area contributed by atoms with Gasteiger partial charge in [-0.3, -0.25) is 4.79 Å². The molecule has 0 aliphatic carbocycles. The number of carbonyl (C=O) groups is 1. The molecule has 0 N–H and O–H groups in total. The zero-order valence-corrected chi connectivity index (χ0v) is 16.2. The minimum absolute atomic E-state index is 0.103. The molecule has 0 aromatic heterocycles. The highest BCUT2D eigenvalue weighted by atomic mass is 16.1. The van der Waals surface area contributed by atoms with Crippen molar-refractivity contribution in [2.24, 2.45) is 5.92 Å². The van der Waals surface area contributed by atoms with Crippen LogP contribution in [-0.4, -0.2) is 30.7 Å². The highest BCUT2D eigenvalue weighted by Gasteiger charge is 2.46. The van der Waals surface area contributed by atoms with Crippen LogP contribution in [0.5, 0.6) is 0 Å². The van der Waals surface area contributed by atoms with Gasteiger partial charge in [0.05, 0.1) is 5.41 Å². The Hall–Kier alpha value is -2.22. The number of nitrogens with zero attached hydrogens (tertiary/aromatic N) is 1. The Labute approximate surface area is 152 Å². The van der Waals surface area contributed by atoms with Crippen LogP contribution in [0.15, 0.2) is 48.5 Å². The monoisotopic (exact) mass is 336 g/mol. The first-order valence-electron chi connectivity index (χ1n) is 9.01. The first-order chi connectivity index (χ1) is 11.8. The smallest absolute Gasteiger partial charge is 0.148 e. The quantitative estimate of drug-likeness (QED) is 0.536. The summed E-state index contributed by atoms with van der Waals surface area (Å²) in [5.41, 5.74) is 3.86. The Kier molecular flexibility index (Phi) is 5.94. The molecule has 0 heterocycles. The highest BCUT2D eigenvalue weighted by molar-refractivity contribution is 5.94. The van der Waals surface area contributed by atoms with Crippen molar-refractivity contribution >= 4 is 12.5 Å². The van der Waals surface area contributed by atoms with E-state index in [1.807, 2.05) is 18.5 Å². The van der Waals surface area contributed by atoms with Gasteiger partial charge in [0.2, 0.25) is 0 Å². The van der Waals surface area contributed by atoms with Crippen LogP contribution in [0.4, 0.5) is 0 Å². The molecule has 0 saturated heterocycles. The van der Waals surface area contributed by atoms with E-state index in [0.717, 1.165) is 17.7 Å². The van der Waals surface area contributed by atoms with Gasteiger partial charge in [-0.1, -0.05) is 73.5 Å². The van der Waals surface area contributed by atoms with Gasteiger partial charge in [0.1, 0.15) is 26.1 Å². The minimum Gasteiger partial charge on any atom is -0.298 e. The third-order valence-corrected chi connectivity index (χ3v) is 5.03. The predicted molar refractivity (Wildman–Crippen MR) is 106 cm³/mol. The molecule has 2 rings (SSSR count). The summed E-state index contributed by atoms with van der Waals surface area (Å²) in [6.07, 6.45) is 0.507. The lowest BCUT2D eigenvalue weighted by molar-refractivity contribution is -0.497. The average molecular weight is 336 g/mol. The number of carbonyl (C=O) groups excluding carboxylic acids is 1. The van der Waals surface area contributed by atoms with Gasteiger partial charge in [-0.25, -0.2) is 4.58 Å². The molecule has 0 aliphatic rings. The van der Waals surface area contributed by atoms with Gasteiger partial charge in [0.25, 0.3) is 0 Å². The van der Waals surface area contributed by atoms with Crippen LogP contribution in [0.25, 0.3) is 0 Å². The van der Waals surface area contributed by atoms with Gasteiger partial charge in [0, 0.05) is 12.3 Å². The summed E-state index contributed by atoms with van der Waals surface area (Å²) in [6.45, 7) is 13.1. The second kappa shape index (κ2) is 7.77. The lowest BCUT2D eigenvalue weighted by Gasteiger charge is -2.38. The maximum atomic E-state index is 13.4. The number of hydrogen-bond donors (Lipinski definition) is 0.